The van der Waals surface area contributed by atoms with Crippen LogP contribution in [0.5, 0.6) is 0 Å². The topological polar surface area (TPSA) is 69.6 Å². The highest BCUT2D eigenvalue weighted by atomic mass is 16.6. The van der Waals surface area contributed by atoms with E-state index in [-0.39, 0.29) is 5.82 Å². The molecule has 5 nitrogen and oxygen atoms in total. The number of nitro groups is 1. The normalized spacial score (nSPS) is 15.2. The van der Waals surface area contributed by atoms with Gasteiger partial charge in [-0.05, 0) is 9.92 Å². The van der Waals surface area contributed by atoms with Gasteiger partial charge in [-0.15, -0.1) is 0 Å². The summed E-state index contributed by atoms with van der Waals surface area (Å²) in [6, 6.07) is 0. The molecule has 8 heavy (non-hydrogen) atoms. The average molecular weight is 112 g/mol. The van der Waals surface area contributed by atoms with E-state index in [2.05, 4.69) is 10.3 Å². The minimum absolute atomic E-state index is 0.204. The van der Waals surface area contributed by atoms with E-state index in [0.717, 1.165) is 12.5 Å². The highest BCUT2D eigenvalue weighted by Crippen LogP contribution is 1.97. The maximum Gasteiger partial charge on any atom is 0.383 e. The first-order valence-electron chi connectivity index (χ1n) is 1.88. The summed E-state index contributed by atoms with van der Waals surface area (Å²) in [6.45, 7) is 0. The van der Waals surface area contributed by atoms with E-state index in [9.17, 15) is 10.1 Å². The maximum absolute atomic E-state index is 9.77. The van der Waals surface area contributed by atoms with Crippen LogP contribution in [0.4, 0.5) is 0 Å². The molecule has 1 aliphatic heterocycles. The first-order valence-corrected chi connectivity index (χ1v) is 1.88. The molecule has 0 bridgehead atoms. The number of rotatable bonds is 1. The van der Waals surface area contributed by atoms with Crippen LogP contribution in [0.1, 0.15) is 0 Å². The standard InChI is InChI=1S/C3H2N3O2/c7-6(8)3-1-4-2-5-3/h1-2H. The Morgan fingerprint density at radius 2 is 2.50 bits per heavy atom. The summed E-state index contributed by atoms with van der Waals surface area (Å²) in [7, 11) is 0. The summed E-state index contributed by atoms with van der Waals surface area (Å²) in [5.74, 6) is -0.204. The molecular formula is C3H2N3O2. The zero-order valence-electron chi connectivity index (χ0n) is 3.81. The molecule has 41 valence electrons. The molecule has 0 N–H and O–H groups in total. The van der Waals surface area contributed by atoms with Crippen molar-refractivity contribution in [3.05, 3.63) is 22.1 Å². The molecule has 1 rings (SSSR count). The van der Waals surface area contributed by atoms with E-state index in [1.54, 1.807) is 0 Å². The van der Waals surface area contributed by atoms with E-state index in [0.29, 0.717) is 0 Å². The Bertz CT molecular complexity index is 171. The fraction of sp³-hybridized carbons (Fsp3) is 0. The molecule has 0 aromatic rings. The molecule has 5 heteroatoms. The van der Waals surface area contributed by atoms with E-state index >= 15 is 0 Å². The summed E-state index contributed by atoms with van der Waals surface area (Å²) < 4.78 is 0. The Morgan fingerprint density at radius 1 is 1.75 bits per heavy atom. The van der Waals surface area contributed by atoms with Crippen LogP contribution in [0.15, 0.2) is 17.0 Å². The van der Waals surface area contributed by atoms with Gasteiger partial charge in [-0.1, -0.05) is 0 Å². The fourth-order valence-corrected chi connectivity index (χ4v) is 0.320. The third-order valence-electron chi connectivity index (χ3n) is 0.634. The third kappa shape index (κ3) is 0.651. The molecule has 0 aliphatic carbocycles. The summed E-state index contributed by atoms with van der Waals surface area (Å²) in [5.41, 5.74) is 0. The zero-order valence-corrected chi connectivity index (χ0v) is 3.81. The van der Waals surface area contributed by atoms with Gasteiger partial charge in [-0.25, -0.2) is 5.32 Å². The molecule has 0 amide bonds. The van der Waals surface area contributed by atoms with Crippen LogP contribution in [0.25, 0.3) is 0 Å². The summed E-state index contributed by atoms with van der Waals surface area (Å²) in [4.78, 5) is 12.5. The molecule has 1 aliphatic rings. The van der Waals surface area contributed by atoms with Crippen molar-refractivity contribution in [1.82, 2.24) is 5.32 Å². The predicted molar refractivity (Wildman–Crippen MR) is 25.7 cm³/mol. The maximum atomic E-state index is 9.77. The number of aliphatic imine (C=N–C) groups is 1. The molecule has 0 saturated carbocycles. The van der Waals surface area contributed by atoms with E-state index in [4.69, 9.17) is 0 Å². The lowest BCUT2D eigenvalue weighted by Gasteiger charge is -1.83. The lowest BCUT2D eigenvalue weighted by atomic mass is 10.8. The van der Waals surface area contributed by atoms with Crippen LogP contribution in [0, 0.1) is 10.1 Å². The van der Waals surface area contributed by atoms with Crippen molar-refractivity contribution >= 4 is 6.34 Å². The average Bonchev–Trinajstić information content (AvgIpc) is 2.12. The van der Waals surface area contributed by atoms with Crippen LogP contribution in [0.3, 0.4) is 0 Å². The minimum Gasteiger partial charge on any atom is -0.358 e. The minimum atomic E-state index is -0.590. The van der Waals surface area contributed by atoms with Gasteiger partial charge in [-0.3, -0.25) is 0 Å². The monoisotopic (exact) mass is 112 g/mol. The lowest BCUT2D eigenvalue weighted by Crippen LogP contribution is -1.92. The molecule has 0 spiro atoms. The van der Waals surface area contributed by atoms with Crippen molar-refractivity contribution in [3.8, 4) is 0 Å². The Kier molecular flexibility index (Phi) is 0.957. The van der Waals surface area contributed by atoms with Gasteiger partial charge in [0.05, 0.1) is 0 Å². The van der Waals surface area contributed by atoms with E-state index in [1.807, 2.05) is 0 Å². The molecule has 1 radical (unpaired) electrons. The Hall–Kier alpha value is -1.39. The zero-order chi connectivity index (χ0) is 5.98. The second-order valence-electron chi connectivity index (χ2n) is 1.14. The fourth-order valence-electron chi connectivity index (χ4n) is 0.320. The first kappa shape index (κ1) is 4.76. The van der Waals surface area contributed by atoms with E-state index < -0.39 is 4.92 Å². The predicted octanol–water partition coefficient (Wildman–Crippen LogP) is -0.292. The first-order chi connectivity index (χ1) is 3.80. The van der Waals surface area contributed by atoms with E-state index in [1.165, 1.54) is 0 Å². The van der Waals surface area contributed by atoms with Crippen LogP contribution in [-0.4, -0.2) is 11.3 Å². The van der Waals surface area contributed by atoms with Gasteiger partial charge in [0.15, 0.2) is 0 Å². The van der Waals surface area contributed by atoms with Crippen molar-refractivity contribution < 1.29 is 4.92 Å². The number of hydrogen-bond donors (Lipinski definition) is 0. The summed E-state index contributed by atoms with van der Waals surface area (Å²) >= 11 is 0. The molecule has 0 fully saturated rings. The van der Waals surface area contributed by atoms with Gasteiger partial charge < -0.3 is 10.1 Å². The second kappa shape index (κ2) is 1.61. The summed E-state index contributed by atoms with van der Waals surface area (Å²) in [6.07, 6.45) is 2.23. The van der Waals surface area contributed by atoms with Gasteiger partial charge >= 0.3 is 5.82 Å². The van der Waals surface area contributed by atoms with Gasteiger partial charge in [0.1, 0.15) is 6.20 Å². The Balaban J connectivity index is 2.72. The third-order valence-corrected chi connectivity index (χ3v) is 0.634. The molecule has 0 saturated heterocycles. The second-order valence-corrected chi connectivity index (χ2v) is 1.14. The smallest absolute Gasteiger partial charge is 0.358 e. The molecule has 0 atom stereocenters. The largest absolute Gasteiger partial charge is 0.383 e. The van der Waals surface area contributed by atoms with Crippen molar-refractivity contribution in [2.45, 2.75) is 0 Å². The summed E-state index contributed by atoms with van der Waals surface area (Å²) in [5, 5.41) is 13.2. The van der Waals surface area contributed by atoms with Gasteiger partial charge in [0.2, 0.25) is 6.34 Å². The Morgan fingerprint density at radius 3 is 2.75 bits per heavy atom. The van der Waals surface area contributed by atoms with Gasteiger partial charge in [-0.2, -0.15) is 0 Å². The van der Waals surface area contributed by atoms with Gasteiger partial charge in [0, 0.05) is 0 Å². The quantitative estimate of drug-likeness (QED) is 0.345. The molecule has 0 aromatic carbocycles. The highest BCUT2D eigenvalue weighted by Gasteiger charge is 2.10. The van der Waals surface area contributed by atoms with Crippen LogP contribution >= 0.6 is 0 Å². The molecule has 0 unspecified atom stereocenters. The molecule has 1 heterocycles. The molecule has 0 aromatic heterocycles. The number of hydrogen-bond acceptors (Lipinski definition) is 3. The lowest BCUT2D eigenvalue weighted by molar-refractivity contribution is -0.425. The number of nitrogens with zero attached hydrogens (tertiary/aromatic N) is 3. The van der Waals surface area contributed by atoms with Gasteiger partial charge in [0.25, 0.3) is 0 Å². The van der Waals surface area contributed by atoms with Crippen molar-refractivity contribution in [3.63, 3.8) is 0 Å². The van der Waals surface area contributed by atoms with Crippen LogP contribution < -0.4 is 5.32 Å². The van der Waals surface area contributed by atoms with Crippen LogP contribution in [0.2, 0.25) is 0 Å². The van der Waals surface area contributed by atoms with Crippen LogP contribution in [-0.2, 0) is 0 Å². The highest BCUT2D eigenvalue weighted by molar-refractivity contribution is 5.59. The van der Waals surface area contributed by atoms with Crippen molar-refractivity contribution in [2.24, 2.45) is 4.99 Å². The van der Waals surface area contributed by atoms with Crippen molar-refractivity contribution in [2.75, 3.05) is 0 Å². The SMILES string of the molecule is O=[N+]([O-])C1=C[N]C=N1. The molecular weight excluding hydrogens is 110 g/mol. The Labute approximate surface area is 44.9 Å². The van der Waals surface area contributed by atoms with Crippen molar-refractivity contribution in [1.29, 1.82) is 0 Å².